The standard InChI is InChI=1S/C18H20ClN3O5S/c1-21(2)18(24)13-6-5-7-14(10-13)20-17(23)12-8-9-15(19)16(11-12)28(25,26)22(3)27-4/h5-11H,1-4H3,(H,20,23). The number of nitrogens with one attached hydrogen (secondary N) is 1. The summed E-state index contributed by atoms with van der Waals surface area (Å²) in [5, 5.41) is 2.60. The zero-order chi connectivity index (χ0) is 21.1. The Morgan fingerprint density at radius 2 is 1.71 bits per heavy atom. The van der Waals surface area contributed by atoms with Crippen LogP contribution in [0, 0.1) is 0 Å². The summed E-state index contributed by atoms with van der Waals surface area (Å²) in [6.45, 7) is 0. The second-order valence-electron chi connectivity index (χ2n) is 5.98. The quantitative estimate of drug-likeness (QED) is 0.717. The molecule has 2 aromatic rings. The summed E-state index contributed by atoms with van der Waals surface area (Å²) >= 11 is 6.00. The summed E-state index contributed by atoms with van der Waals surface area (Å²) < 4.78 is 25.5. The molecule has 0 aromatic heterocycles. The Morgan fingerprint density at radius 3 is 2.32 bits per heavy atom. The molecule has 0 bridgehead atoms. The molecule has 0 unspecified atom stereocenters. The molecule has 2 aromatic carbocycles. The van der Waals surface area contributed by atoms with Crippen LogP contribution in [-0.4, -0.2) is 57.9 Å². The largest absolute Gasteiger partial charge is 0.345 e. The van der Waals surface area contributed by atoms with Crippen LogP contribution in [0.2, 0.25) is 5.02 Å². The molecule has 150 valence electrons. The smallest absolute Gasteiger partial charge is 0.266 e. The van der Waals surface area contributed by atoms with Gasteiger partial charge in [-0.25, -0.2) is 8.42 Å². The number of carbonyl (C=O) groups excluding carboxylic acids is 2. The van der Waals surface area contributed by atoms with Crippen molar-refractivity contribution in [1.82, 2.24) is 9.37 Å². The lowest BCUT2D eigenvalue weighted by molar-refractivity contribution is -0.0258. The predicted octanol–water partition coefficient (Wildman–Crippen LogP) is 2.48. The molecule has 2 amide bonds. The van der Waals surface area contributed by atoms with Crippen molar-refractivity contribution in [1.29, 1.82) is 0 Å². The monoisotopic (exact) mass is 425 g/mol. The lowest BCUT2D eigenvalue weighted by Gasteiger charge is -2.16. The molecule has 0 atom stereocenters. The van der Waals surface area contributed by atoms with Gasteiger partial charge in [0.05, 0.1) is 12.1 Å². The second kappa shape index (κ2) is 8.70. The Labute approximate surface area is 168 Å². The van der Waals surface area contributed by atoms with Crippen molar-refractivity contribution >= 4 is 39.1 Å². The lowest BCUT2D eigenvalue weighted by Crippen LogP contribution is -2.26. The summed E-state index contributed by atoms with van der Waals surface area (Å²) in [7, 11) is 1.64. The maximum absolute atomic E-state index is 12.6. The maximum Gasteiger partial charge on any atom is 0.266 e. The molecule has 0 heterocycles. The molecular formula is C18H20ClN3O5S. The van der Waals surface area contributed by atoms with Crippen LogP contribution < -0.4 is 5.32 Å². The molecule has 0 aliphatic rings. The number of nitrogens with zero attached hydrogens (tertiary/aromatic N) is 2. The van der Waals surface area contributed by atoms with Crippen LogP contribution in [-0.2, 0) is 14.9 Å². The molecule has 0 aliphatic carbocycles. The number of rotatable bonds is 6. The van der Waals surface area contributed by atoms with Gasteiger partial charge in [0.1, 0.15) is 4.90 Å². The van der Waals surface area contributed by atoms with E-state index in [1.807, 2.05) is 0 Å². The van der Waals surface area contributed by atoms with Gasteiger partial charge in [0.15, 0.2) is 0 Å². The Kier molecular flexibility index (Phi) is 6.78. The lowest BCUT2D eigenvalue weighted by atomic mass is 10.1. The highest BCUT2D eigenvalue weighted by molar-refractivity contribution is 7.89. The summed E-state index contributed by atoms with van der Waals surface area (Å²) in [6, 6.07) is 10.3. The van der Waals surface area contributed by atoms with Crippen molar-refractivity contribution < 1.29 is 22.8 Å². The van der Waals surface area contributed by atoms with Gasteiger partial charge in [-0.1, -0.05) is 22.1 Å². The van der Waals surface area contributed by atoms with Gasteiger partial charge >= 0.3 is 0 Å². The number of sulfonamides is 1. The first kappa shape index (κ1) is 21.8. The minimum Gasteiger partial charge on any atom is -0.345 e. The van der Waals surface area contributed by atoms with E-state index in [2.05, 4.69) is 5.32 Å². The van der Waals surface area contributed by atoms with E-state index in [9.17, 15) is 18.0 Å². The molecule has 0 fully saturated rings. The van der Waals surface area contributed by atoms with Gasteiger partial charge in [-0.15, -0.1) is 0 Å². The Balaban J connectivity index is 2.33. The van der Waals surface area contributed by atoms with E-state index < -0.39 is 15.9 Å². The van der Waals surface area contributed by atoms with Gasteiger partial charge in [0.25, 0.3) is 21.8 Å². The van der Waals surface area contributed by atoms with Crippen molar-refractivity contribution in [2.75, 3.05) is 33.6 Å². The van der Waals surface area contributed by atoms with Crippen LogP contribution in [0.5, 0.6) is 0 Å². The number of halogens is 1. The van der Waals surface area contributed by atoms with E-state index in [1.54, 1.807) is 32.3 Å². The number of anilines is 1. The first-order valence-electron chi connectivity index (χ1n) is 8.03. The molecular weight excluding hydrogens is 406 g/mol. The number of hydroxylamine groups is 1. The van der Waals surface area contributed by atoms with Crippen LogP contribution in [0.4, 0.5) is 5.69 Å². The molecule has 28 heavy (non-hydrogen) atoms. The number of carbonyl (C=O) groups is 2. The van der Waals surface area contributed by atoms with Gasteiger partial charge in [0.2, 0.25) is 0 Å². The SMILES string of the molecule is CON(C)S(=O)(=O)c1cc(C(=O)Nc2cccc(C(=O)N(C)C)c2)ccc1Cl. The second-order valence-corrected chi connectivity index (χ2v) is 8.29. The molecule has 8 nitrogen and oxygen atoms in total. The fraction of sp³-hybridized carbons (Fsp3) is 0.222. The van der Waals surface area contributed by atoms with Gasteiger partial charge in [-0.05, 0) is 36.4 Å². The summed E-state index contributed by atoms with van der Waals surface area (Å²) in [4.78, 5) is 30.5. The highest BCUT2D eigenvalue weighted by Gasteiger charge is 2.25. The van der Waals surface area contributed by atoms with Crippen molar-refractivity contribution in [2.24, 2.45) is 0 Å². The molecule has 0 radical (unpaired) electrons. The Morgan fingerprint density at radius 1 is 1.04 bits per heavy atom. The minimum absolute atomic E-state index is 0.0426. The Hall–Kier alpha value is -2.46. The molecule has 0 saturated carbocycles. The van der Waals surface area contributed by atoms with E-state index in [4.69, 9.17) is 16.4 Å². The van der Waals surface area contributed by atoms with Crippen LogP contribution in [0.1, 0.15) is 20.7 Å². The molecule has 0 spiro atoms. The van der Waals surface area contributed by atoms with Crippen LogP contribution in [0.15, 0.2) is 47.4 Å². The zero-order valence-electron chi connectivity index (χ0n) is 15.8. The predicted molar refractivity (Wildman–Crippen MR) is 106 cm³/mol. The van der Waals surface area contributed by atoms with E-state index in [1.165, 1.54) is 37.3 Å². The normalized spacial score (nSPS) is 11.4. The summed E-state index contributed by atoms with van der Waals surface area (Å²) in [6.07, 6.45) is 0. The van der Waals surface area contributed by atoms with E-state index in [-0.39, 0.29) is 21.4 Å². The third kappa shape index (κ3) is 4.68. The topological polar surface area (TPSA) is 96.0 Å². The first-order valence-corrected chi connectivity index (χ1v) is 9.85. The summed E-state index contributed by atoms with van der Waals surface area (Å²) in [5.41, 5.74) is 0.881. The molecule has 0 saturated heterocycles. The molecule has 10 heteroatoms. The highest BCUT2D eigenvalue weighted by Crippen LogP contribution is 2.26. The number of hydrogen-bond donors (Lipinski definition) is 1. The third-order valence-corrected chi connectivity index (χ3v) is 6.00. The van der Waals surface area contributed by atoms with E-state index in [0.717, 1.165) is 6.07 Å². The number of benzene rings is 2. The Bertz CT molecular complexity index is 1010. The summed E-state index contributed by atoms with van der Waals surface area (Å²) in [5.74, 6) is -0.763. The van der Waals surface area contributed by atoms with Crippen LogP contribution >= 0.6 is 11.6 Å². The van der Waals surface area contributed by atoms with Crippen molar-refractivity contribution in [2.45, 2.75) is 4.90 Å². The number of hydrogen-bond acceptors (Lipinski definition) is 5. The van der Waals surface area contributed by atoms with Gasteiger partial charge in [-0.2, -0.15) is 0 Å². The molecule has 0 aliphatic heterocycles. The van der Waals surface area contributed by atoms with Crippen LogP contribution in [0.25, 0.3) is 0 Å². The van der Waals surface area contributed by atoms with Crippen molar-refractivity contribution in [3.8, 4) is 0 Å². The fourth-order valence-electron chi connectivity index (χ4n) is 2.27. The minimum atomic E-state index is -4.03. The average Bonchev–Trinajstić information content (AvgIpc) is 2.66. The third-order valence-electron chi connectivity index (χ3n) is 3.84. The zero-order valence-corrected chi connectivity index (χ0v) is 17.3. The van der Waals surface area contributed by atoms with Crippen molar-refractivity contribution in [3.63, 3.8) is 0 Å². The molecule has 2 rings (SSSR count). The fourth-order valence-corrected chi connectivity index (χ4v) is 3.74. The molecule has 1 N–H and O–H groups in total. The highest BCUT2D eigenvalue weighted by atomic mass is 35.5. The van der Waals surface area contributed by atoms with Gasteiger partial charge in [0, 0.05) is 38.0 Å². The first-order chi connectivity index (χ1) is 13.1. The van der Waals surface area contributed by atoms with E-state index in [0.29, 0.717) is 15.7 Å². The van der Waals surface area contributed by atoms with E-state index >= 15 is 0 Å². The van der Waals surface area contributed by atoms with Crippen LogP contribution in [0.3, 0.4) is 0 Å². The van der Waals surface area contributed by atoms with Crippen molar-refractivity contribution in [3.05, 3.63) is 58.6 Å². The number of amides is 2. The average molecular weight is 426 g/mol. The van der Waals surface area contributed by atoms with Gasteiger partial charge < -0.3 is 10.2 Å². The van der Waals surface area contributed by atoms with Gasteiger partial charge in [-0.3, -0.25) is 14.4 Å². The maximum atomic E-state index is 12.6.